The SMILES string of the molecule is COc1cc(F)c(-c2ccc(N3CCC[C@]4(N)CC(F)(F)CC34)c(Cn3cnc4c(N)ncnc43)n2)cc1F. The number of alkyl halides is 2. The van der Waals surface area contributed by atoms with Crippen LogP contribution in [0.1, 0.15) is 31.4 Å². The summed E-state index contributed by atoms with van der Waals surface area (Å²) in [4.78, 5) is 19.1. The van der Waals surface area contributed by atoms with Crippen LogP contribution in [0.25, 0.3) is 22.4 Å². The molecule has 4 heterocycles. The van der Waals surface area contributed by atoms with Crippen LogP contribution < -0.4 is 21.1 Å². The van der Waals surface area contributed by atoms with Crippen LogP contribution in [-0.4, -0.2) is 55.7 Å². The van der Waals surface area contributed by atoms with E-state index in [-0.39, 0.29) is 42.2 Å². The zero-order valence-corrected chi connectivity index (χ0v) is 21.0. The average Bonchev–Trinajstić information content (AvgIpc) is 3.41. The molecule has 1 aromatic carbocycles. The number of hydrogen-bond acceptors (Lipinski definition) is 8. The number of rotatable bonds is 5. The molecule has 3 aromatic heterocycles. The van der Waals surface area contributed by atoms with Gasteiger partial charge in [-0.2, -0.15) is 0 Å². The highest BCUT2D eigenvalue weighted by Crippen LogP contribution is 2.48. The Labute approximate surface area is 220 Å². The summed E-state index contributed by atoms with van der Waals surface area (Å²) in [6.07, 6.45) is 3.18. The van der Waals surface area contributed by atoms with Crippen LogP contribution in [-0.2, 0) is 6.54 Å². The predicted octanol–water partition coefficient (Wildman–Crippen LogP) is 3.90. The van der Waals surface area contributed by atoms with Gasteiger partial charge in [-0.25, -0.2) is 37.5 Å². The topological polar surface area (TPSA) is 121 Å². The molecule has 0 bridgehead atoms. The Morgan fingerprint density at radius 3 is 2.74 bits per heavy atom. The Kier molecular flexibility index (Phi) is 5.86. The Balaban J connectivity index is 1.48. The fourth-order valence-electron chi connectivity index (χ4n) is 5.93. The first-order valence-corrected chi connectivity index (χ1v) is 12.5. The summed E-state index contributed by atoms with van der Waals surface area (Å²) in [7, 11) is 1.25. The number of methoxy groups -OCH3 is 1. The number of aromatic nitrogens is 5. The van der Waals surface area contributed by atoms with Crippen molar-refractivity contribution < 1.29 is 22.3 Å². The zero-order chi connectivity index (χ0) is 27.5. The largest absolute Gasteiger partial charge is 0.494 e. The molecule has 2 aliphatic rings. The molecule has 1 aliphatic carbocycles. The van der Waals surface area contributed by atoms with E-state index >= 15 is 0 Å². The molecule has 1 aliphatic heterocycles. The number of imidazole rings is 1. The number of ether oxygens (including phenoxy) is 1. The number of piperidine rings is 1. The number of pyridine rings is 1. The number of fused-ring (bicyclic) bond motifs is 2. The van der Waals surface area contributed by atoms with E-state index in [1.807, 2.05) is 4.90 Å². The van der Waals surface area contributed by atoms with E-state index < -0.39 is 29.1 Å². The maximum absolute atomic E-state index is 15.0. The minimum Gasteiger partial charge on any atom is -0.494 e. The molecule has 6 rings (SSSR count). The van der Waals surface area contributed by atoms with Crippen LogP contribution in [0.2, 0.25) is 0 Å². The minimum absolute atomic E-state index is 0.0672. The van der Waals surface area contributed by atoms with Crippen LogP contribution in [0.5, 0.6) is 5.75 Å². The molecule has 4 N–H and O–H groups in total. The van der Waals surface area contributed by atoms with Gasteiger partial charge in [-0.3, -0.25) is 0 Å². The molecule has 13 heteroatoms. The third-order valence-electron chi connectivity index (χ3n) is 7.69. The van der Waals surface area contributed by atoms with E-state index in [4.69, 9.17) is 21.2 Å². The van der Waals surface area contributed by atoms with Gasteiger partial charge in [-0.1, -0.05) is 0 Å². The van der Waals surface area contributed by atoms with Crippen molar-refractivity contribution >= 4 is 22.7 Å². The van der Waals surface area contributed by atoms with E-state index in [2.05, 4.69) is 15.0 Å². The maximum atomic E-state index is 15.0. The number of nitrogens with two attached hydrogens (primary N) is 2. The van der Waals surface area contributed by atoms with Gasteiger partial charge in [0.1, 0.15) is 17.7 Å². The lowest BCUT2D eigenvalue weighted by Gasteiger charge is -2.45. The Morgan fingerprint density at radius 2 is 1.95 bits per heavy atom. The van der Waals surface area contributed by atoms with Crippen molar-refractivity contribution in [2.75, 3.05) is 24.3 Å². The maximum Gasteiger partial charge on any atom is 0.252 e. The molecular weight excluding hydrogens is 516 g/mol. The van der Waals surface area contributed by atoms with E-state index in [1.54, 1.807) is 16.7 Å². The first kappa shape index (κ1) is 25.3. The van der Waals surface area contributed by atoms with Crippen molar-refractivity contribution in [2.24, 2.45) is 5.73 Å². The molecule has 9 nitrogen and oxygen atoms in total. The highest BCUT2D eigenvalue weighted by molar-refractivity contribution is 5.81. The van der Waals surface area contributed by atoms with E-state index in [9.17, 15) is 17.6 Å². The summed E-state index contributed by atoms with van der Waals surface area (Å²) in [5.41, 5.74) is 13.4. The van der Waals surface area contributed by atoms with Gasteiger partial charge >= 0.3 is 0 Å². The second kappa shape index (κ2) is 9.04. The molecule has 2 atom stereocenters. The Hall–Kier alpha value is -4.00. The minimum atomic E-state index is -2.88. The normalized spacial score (nSPS) is 22.3. The average molecular weight is 543 g/mol. The van der Waals surface area contributed by atoms with Crippen LogP contribution in [0.15, 0.2) is 36.9 Å². The number of benzene rings is 1. The molecule has 1 saturated carbocycles. The van der Waals surface area contributed by atoms with Gasteiger partial charge in [-0.15, -0.1) is 0 Å². The van der Waals surface area contributed by atoms with Gasteiger partial charge < -0.3 is 25.7 Å². The second-order valence-corrected chi connectivity index (χ2v) is 10.2. The summed E-state index contributed by atoms with van der Waals surface area (Å²) in [6.45, 7) is 0.604. The molecule has 1 saturated heterocycles. The van der Waals surface area contributed by atoms with Gasteiger partial charge in [0, 0.05) is 36.6 Å². The van der Waals surface area contributed by atoms with E-state index in [0.717, 1.165) is 12.1 Å². The molecule has 0 amide bonds. The predicted molar refractivity (Wildman–Crippen MR) is 136 cm³/mol. The number of hydrogen-bond donors (Lipinski definition) is 2. The fourth-order valence-corrected chi connectivity index (χ4v) is 5.93. The molecular formula is C26H26F4N8O. The van der Waals surface area contributed by atoms with Crippen LogP contribution in [0, 0.1) is 11.6 Å². The summed E-state index contributed by atoms with van der Waals surface area (Å²) < 4.78 is 65.2. The zero-order valence-electron chi connectivity index (χ0n) is 21.0. The van der Waals surface area contributed by atoms with E-state index in [0.29, 0.717) is 41.9 Å². The van der Waals surface area contributed by atoms with Gasteiger partial charge in [0.25, 0.3) is 5.92 Å². The van der Waals surface area contributed by atoms with Crippen molar-refractivity contribution in [3.8, 4) is 17.0 Å². The smallest absolute Gasteiger partial charge is 0.252 e. The van der Waals surface area contributed by atoms with E-state index in [1.165, 1.54) is 19.8 Å². The van der Waals surface area contributed by atoms with Crippen molar-refractivity contribution in [1.82, 2.24) is 24.5 Å². The van der Waals surface area contributed by atoms with Gasteiger partial charge in [0.2, 0.25) is 0 Å². The first-order chi connectivity index (χ1) is 18.6. The molecule has 4 aromatic rings. The van der Waals surface area contributed by atoms with Crippen LogP contribution in [0.3, 0.4) is 0 Å². The monoisotopic (exact) mass is 542 g/mol. The molecule has 1 unspecified atom stereocenters. The molecule has 0 radical (unpaired) electrons. The lowest BCUT2D eigenvalue weighted by molar-refractivity contribution is 0.00259. The fraction of sp³-hybridized carbons (Fsp3) is 0.385. The third kappa shape index (κ3) is 4.30. The van der Waals surface area contributed by atoms with Gasteiger partial charge in [-0.05, 0) is 31.0 Å². The number of anilines is 2. The first-order valence-electron chi connectivity index (χ1n) is 12.5. The third-order valence-corrected chi connectivity index (χ3v) is 7.69. The van der Waals surface area contributed by atoms with Crippen molar-refractivity contribution in [2.45, 2.75) is 49.7 Å². The molecule has 2 fully saturated rings. The highest BCUT2D eigenvalue weighted by atomic mass is 19.3. The summed E-state index contributed by atoms with van der Waals surface area (Å²) in [5.74, 6) is -4.37. The number of nitrogens with zero attached hydrogens (tertiary/aromatic N) is 6. The summed E-state index contributed by atoms with van der Waals surface area (Å²) in [6, 6.07) is 4.61. The molecule has 0 spiro atoms. The highest BCUT2D eigenvalue weighted by Gasteiger charge is 2.57. The number of nitrogen functional groups attached to an aromatic ring is 1. The Morgan fingerprint density at radius 1 is 1.13 bits per heavy atom. The Bertz CT molecular complexity index is 1580. The van der Waals surface area contributed by atoms with Gasteiger partial charge in [0.15, 0.2) is 23.0 Å². The quantitative estimate of drug-likeness (QED) is 0.365. The van der Waals surface area contributed by atoms with Crippen molar-refractivity contribution in [3.63, 3.8) is 0 Å². The summed E-state index contributed by atoms with van der Waals surface area (Å²) >= 11 is 0. The molecule has 204 valence electrons. The lowest BCUT2D eigenvalue weighted by Crippen LogP contribution is -2.59. The van der Waals surface area contributed by atoms with Crippen LogP contribution >= 0.6 is 0 Å². The molecule has 39 heavy (non-hydrogen) atoms. The number of halogens is 4. The lowest BCUT2D eigenvalue weighted by atomic mass is 9.84. The van der Waals surface area contributed by atoms with Crippen molar-refractivity contribution in [3.05, 3.63) is 54.2 Å². The summed E-state index contributed by atoms with van der Waals surface area (Å²) in [5, 5.41) is 0. The second-order valence-electron chi connectivity index (χ2n) is 10.2. The van der Waals surface area contributed by atoms with Gasteiger partial charge in [0.05, 0.1) is 43.1 Å². The van der Waals surface area contributed by atoms with Crippen LogP contribution in [0.4, 0.5) is 29.1 Å². The standard InChI is InChI=1S/C26H26F4N8O/c1-39-20-8-15(27)14(7-16(20)28)17-3-4-19(38-6-2-5-25(32)11-26(29,30)9-21(25)38)18(36-17)10-37-13-35-22-23(31)33-12-34-24(22)37/h3-4,7-8,12-13,21H,2,5-6,9-11,32H2,1H3,(H2,31,33,34)/t21?,25-/m0/s1. The van der Waals surface area contributed by atoms with Crippen molar-refractivity contribution in [1.29, 1.82) is 0 Å².